The van der Waals surface area contributed by atoms with Crippen LogP contribution in [0, 0.1) is 0 Å². The summed E-state index contributed by atoms with van der Waals surface area (Å²) in [4.78, 5) is 14.7. The van der Waals surface area contributed by atoms with Gasteiger partial charge in [0.25, 0.3) is 5.91 Å². The van der Waals surface area contributed by atoms with Gasteiger partial charge in [0.1, 0.15) is 0 Å². The van der Waals surface area contributed by atoms with Gasteiger partial charge in [-0.25, -0.2) is 0 Å². The molecule has 2 aromatic heterocycles. The van der Waals surface area contributed by atoms with Crippen LogP contribution in [0.4, 0.5) is 0 Å². The van der Waals surface area contributed by atoms with Crippen LogP contribution in [-0.2, 0) is 13.6 Å². The van der Waals surface area contributed by atoms with E-state index in [9.17, 15) is 9.90 Å². The SMILES string of the molecule is CCC(NC(=O)c1cc(CN2CCC(O)CC2)on1)c1ccnn1C. The first kappa shape index (κ1) is 17.6. The molecule has 136 valence electrons. The van der Waals surface area contributed by atoms with E-state index >= 15 is 0 Å². The number of nitrogens with zero attached hydrogens (tertiary/aromatic N) is 4. The molecular formula is C17H25N5O3. The van der Waals surface area contributed by atoms with E-state index in [1.54, 1.807) is 16.9 Å². The van der Waals surface area contributed by atoms with Gasteiger partial charge in [0.05, 0.1) is 24.4 Å². The van der Waals surface area contributed by atoms with Crippen LogP contribution in [0.15, 0.2) is 22.9 Å². The topological polar surface area (TPSA) is 96.4 Å². The van der Waals surface area contributed by atoms with E-state index < -0.39 is 0 Å². The zero-order chi connectivity index (χ0) is 17.8. The molecule has 1 amide bonds. The summed E-state index contributed by atoms with van der Waals surface area (Å²) in [6, 6.07) is 3.47. The minimum Gasteiger partial charge on any atom is -0.393 e. The molecule has 0 aliphatic carbocycles. The molecule has 25 heavy (non-hydrogen) atoms. The summed E-state index contributed by atoms with van der Waals surface area (Å²) in [6.07, 6.45) is 3.81. The molecule has 3 rings (SSSR count). The lowest BCUT2D eigenvalue weighted by Gasteiger charge is -2.28. The van der Waals surface area contributed by atoms with Gasteiger partial charge in [-0.1, -0.05) is 12.1 Å². The van der Waals surface area contributed by atoms with Crippen LogP contribution in [0.3, 0.4) is 0 Å². The molecule has 3 heterocycles. The van der Waals surface area contributed by atoms with Crippen molar-refractivity contribution in [2.24, 2.45) is 7.05 Å². The third-order valence-corrected chi connectivity index (χ3v) is 4.66. The highest BCUT2D eigenvalue weighted by Gasteiger charge is 2.22. The Bertz CT molecular complexity index is 703. The summed E-state index contributed by atoms with van der Waals surface area (Å²) in [7, 11) is 1.86. The van der Waals surface area contributed by atoms with Gasteiger partial charge in [0.2, 0.25) is 0 Å². The fraction of sp³-hybridized carbons (Fsp3) is 0.588. The molecule has 0 spiro atoms. The fourth-order valence-electron chi connectivity index (χ4n) is 3.14. The molecule has 2 N–H and O–H groups in total. The summed E-state index contributed by atoms with van der Waals surface area (Å²) in [5.74, 6) is 0.409. The highest BCUT2D eigenvalue weighted by atomic mass is 16.5. The van der Waals surface area contributed by atoms with E-state index in [0.29, 0.717) is 12.3 Å². The van der Waals surface area contributed by atoms with Crippen molar-refractivity contribution < 1.29 is 14.4 Å². The number of piperidine rings is 1. The Kier molecular flexibility index (Phi) is 5.50. The summed E-state index contributed by atoms with van der Waals surface area (Å²) in [6.45, 7) is 4.26. The Morgan fingerprint density at radius 2 is 2.24 bits per heavy atom. The number of aliphatic hydroxyl groups is 1. The van der Waals surface area contributed by atoms with Crippen LogP contribution in [0.25, 0.3) is 0 Å². The quantitative estimate of drug-likeness (QED) is 0.816. The predicted molar refractivity (Wildman–Crippen MR) is 90.7 cm³/mol. The van der Waals surface area contributed by atoms with Crippen LogP contribution in [-0.4, -0.2) is 50.0 Å². The van der Waals surface area contributed by atoms with Crippen LogP contribution in [0.1, 0.15) is 54.2 Å². The first-order valence-electron chi connectivity index (χ1n) is 8.71. The molecule has 8 heteroatoms. The zero-order valence-corrected chi connectivity index (χ0v) is 14.7. The van der Waals surface area contributed by atoms with E-state index in [0.717, 1.165) is 38.0 Å². The third kappa shape index (κ3) is 4.26. The van der Waals surface area contributed by atoms with Crippen molar-refractivity contribution in [3.8, 4) is 0 Å². The summed E-state index contributed by atoms with van der Waals surface area (Å²) >= 11 is 0. The monoisotopic (exact) mass is 347 g/mol. The first-order valence-corrected chi connectivity index (χ1v) is 8.71. The number of aliphatic hydroxyl groups excluding tert-OH is 1. The van der Waals surface area contributed by atoms with Crippen molar-refractivity contribution in [3.05, 3.63) is 35.5 Å². The number of rotatable bonds is 6. The van der Waals surface area contributed by atoms with Crippen molar-refractivity contribution in [1.82, 2.24) is 25.2 Å². The lowest BCUT2D eigenvalue weighted by Crippen LogP contribution is -2.35. The molecule has 1 fully saturated rings. The number of aryl methyl sites for hydroxylation is 1. The second-order valence-corrected chi connectivity index (χ2v) is 6.50. The third-order valence-electron chi connectivity index (χ3n) is 4.66. The van der Waals surface area contributed by atoms with Gasteiger partial charge in [-0.3, -0.25) is 14.4 Å². The van der Waals surface area contributed by atoms with E-state index in [-0.39, 0.29) is 23.7 Å². The lowest BCUT2D eigenvalue weighted by molar-refractivity contribution is 0.0748. The van der Waals surface area contributed by atoms with Crippen LogP contribution < -0.4 is 5.32 Å². The van der Waals surface area contributed by atoms with Gasteiger partial charge in [-0.05, 0) is 25.3 Å². The summed E-state index contributed by atoms with van der Waals surface area (Å²) in [5.41, 5.74) is 1.24. The highest BCUT2D eigenvalue weighted by Crippen LogP contribution is 2.17. The maximum absolute atomic E-state index is 12.5. The standard InChI is InChI=1S/C17H25N5O3/c1-3-14(16-4-7-18-21(16)2)19-17(24)15-10-13(25-20-15)11-22-8-5-12(23)6-9-22/h4,7,10,12,14,23H,3,5-6,8-9,11H2,1-2H3,(H,19,24). The van der Waals surface area contributed by atoms with Gasteiger partial charge >= 0.3 is 0 Å². The number of hydrogen-bond donors (Lipinski definition) is 2. The minimum atomic E-state index is -0.253. The Hall–Kier alpha value is -2.19. The molecule has 1 atom stereocenters. The molecule has 0 bridgehead atoms. The highest BCUT2D eigenvalue weighted by molar-refractivity contribution is 5.92. The molecule has 1 saturated heterocycles. The number of amides is 1. The molecule has 0 radical (unpaired) electrons. The Morgan fingerprint density at radius 1 is 1.48 bits per heavy atom. The molecule has 1 unspecified atom stereocenters. The zero-order valence-electron chi connectivity index (χ0n) is 14.7. The maximum atomic E-state index is 12.5. The molecule has 1 aliphatic rings. The van der Waals surface area contributed by atoms with Crippen LogP contribution in [0.2, 0.25) is 0 Å². The van der Waals surface area contributed by atoms with Gasteiger partial charge < -0.3 is 14.9 Å². The average Bonchev–Trinajstić information content (AvgIpc) is 3.24. The number of hydrogen-bond acceptors (Lipinski definition) is 6. The predicted octanol–water partition coefficient (Wildman–Crippen LogP) is 1.25. The second-order valence-electron chi connectivity index (χ2n) is 6.50. The van der Waals surface area contributed by atoms with E-state index in [2.05, 4.69) is 20.5 Å². The van der Waals surface area contributed by atoms with Crippen molar-refractivity contribution in [2.45, 2.75) is 44.9 Å². The minimum absolute atomic E-state index is 0.122. The van der Waals surface area contributed by atoms with Gasteiger partial charge in [0, 0.05) is 32.4 Å². The largest absolute Gasteiger partial charge is 0.393 e. The molecule has 0 saturated carbocycles. The maximum Gasteiger partial charge on any atom is 0.274 e. The first-order chi connectivity index (χ1) is 12.1. The lowest BCUT2D eigenvalue weighted by atomic mass is 10.1. The molecule has 2 aromatic rings. The normalized spacial score (nSPS) is 17.6. The number of aromatic nitrogens is 3. The average molecular weight is 347 g/mol. The fourth-order valence-corrected chi connectivity index (χ4v) is 3.14. The Labute approximate surface area is 146 Å². The summed E-state index contributed by atoms with van der Waals surface area (Å²) < 4.78 is 7.07. The van der Waals surface area contributed by atoms with Crippen molar-refractivity contribution in [3.63, 3.8) is 0 Å². The Morgan fingerprint density at radius 3 is 2.88 bits per heavy atom. The number of nitrogens with one attached hydrogen (secondary N) is 1. The van der Waals surface area contributed by atoms with E-state index in [1.165, 1.54) is 0 Å². The number of likely N-dealkylation sites (tertiary alicyclic amines) is 1. The van der Waals surface area contributed by atoms with E-state index in [4.69, 9.17) is 4.52 Å². The van der Waals surface area contributed by atoms with Crippen molar-refractivity contribution in [2.75, 3.05) is 13.1 Å². The molecule has 1 aliphatic heterocycles. The molecule has 8 nitrogen and oxygen atoms in total. The smallest absolute Gasteiger partial charge is 0.274 e. The number of carbonyl (C=O) groups is 1. The summed E-state index contributed by atoms with van der Waals surface area (Å²) in [5, 5.41) is 20.6. The van der Waals surface area contributed by atoms with Crippen LogP contribution >= 0.6 is 0 Å². The van der Waals surface area contributed by atoms with Crippen LogP contribution in [0.5, 0.6) is 0 Å². The van der Waals surface area contributed by atoms with Crippen molar-refractivity contribution >= 4 is 5.91 Å². The molecule has 0 aromatic carbocycles. The Balaban J connectivity index is 1.59. The van der Waals surface area contributed by atoms with Gasteiger partial charge in [-0.2, -0.15) is 5.10 Å². The van der Waals surface area contributed by atoms with E-state index in [1.807, 2.05) is 20.0 Å². The second kappa shape index (κ2) is 7.79. The van der Waals surface area contributed by atoms with Crippen molar-refractivity contribution in [1.29, 1.82) is 0 Å². The molecular weight excluding hydrogens is 322 g/mol. The van der Waals surface area contributed by atoms with Gasteiger partial charge in [-0.15, -0.1) is 0 Å². The number of carbonyl (C=O) groups excluding carboxylic acids is 1. The van der Waals surface area contributed by atoms with Gasteiger partial charge in [0.15, 0.2) is 11.5 Å².